The Kier molecular flexibility index (Phi) is 6.27. The zero-order valence-electron chi connectivity index (χ0n) is 10.9. The van der Waals surface area contributed by atoms with Gasteiger partial charge in [-0.2, -0.15) is 0 Å². The third kappa shape index (κ3) is 4.79. The van der Waals surface area contributed by atoms with Crippen LogP contribution in [0.3, 0.4) is 0 Å². The summed E-state index contributed by atoms with van der Waals surface area (Å²) in [4.78, 5) is 20.0. The van der Waals surface area contributed by atoms with Crippen LogP contribution in [0, 0.1) is 0 Å². The van der Waals surface area contributed by atoms with Gasteiger partial charge in [0.05, 0.1) is 6.54 Å². The Morgan fingerprint density at radius 3 is 2.72 bits per heavy atom. The van der Waals surface area contributed by atoms with E-state index in [9.17, 15) is 4.79 Å². The quantitative estimate of drug-likeness (QED) is 0.509. The molecule has 100 valence electrons. The first kappa shape index (κ1) is 14.6. The number of carbonyl (C=O) groups excluding carboxylic acids is 1. The van der Waals surface area contributed by atoms with Gasteiger partial charge in [0.15, 0.2) is 5.16 Å². The molecule has 0 atom stereocenters. The van der Waals surface area contributed by atoms with Gasteiger partial charge in [0.2, 0.25) is 5.91 Å². The molecule has 0 saturated heterocycles. The summed E-state index contributed by atoms with van der Waals surface area (Å²) in [5.74, 6) is 1.34. The van der Waals surface area contributed by atoms with Crippen molar-refractivity contribution in [2.75, 3.05) is 37.0 Å². The number of rotatable bonds is 7. The maximum absolute atomic E-state index is 11.4. The highest BCUT2D eigenvalue weighted by Gasteiger charge is 2.04. The van der Waals surface area contributed by atoms with Crippen molar-refractivity contribution < 1.29 is 4.79 Å². The van der Waals surface area contributed by atoms with Gasteiger partial charge < -0.3 is 16.0 Å². The maximum Gasteiger partial charge on any atom is 0.239 e. The first-order valence-corrected chi connectivity index (χ1v) is 7.03. The van der Waals surface area contributed by atoms with Gasteiger partial charge in [0.25, 0.3) is 0 Å². The van der Waals surface area contributed by atoms with Crippen LogP contribution >= 0.6 is 11.8 Å². The number of aromatic nitrogens is 2. The monoisotopic (exact) mass is 269 g/mol. The SMILES string of the molecule is CCCNC(=O)CNc1cc(NC)nc(SC)n1. The van der Waals surface area contributed by atoms with Crippen LogP contribution in [0.4, 0.5) is 11.6 Å². The van der Waals surface area contributed by atoms with Gasteiger partial charge in [-0.15, -0.1) is 0 Å². The largest absolute Gasteiger partial charge is 0.373 e. The van der Waals surface area contributed by atoms with E-state index in [1.54, 1.807) is 13.1 Å². The molecule has 0 aliphatic carbocycles. The molecule has 0 saturated carbocycles. The van der Waals surface area contributed by atoms with Gasteiger partial charge in [-0.3, -0.25) is 4.79 Å². The second-order valence-corrected chi connectivity index (χ2v) is 4.35. The van der Waals surface area contributed by atoms with Crippen LogP contribution in [0.25, 0.3) is 0 Å². The molecule has 3 N–H and O–H groups in total. The molecule has 1 aromatic rings. The minimum absolute atomic E-state index is 0.0350. The normalized spacial score (nSPS) is 9.94. The van der Waals surface area contributed by atoms with Gasteiger partial charge in [-0.05, 0) is 12.7 Å². The van der Waals surface area contributed by atoms with Crippen molar-refractivity contribution in [2.45, 2.75) is 18.5 Å². The molecule has 0 bridgehead atoms. The number of hydrogen-bond donors (Lipinski definition) is 3. The first-order valence-electron chi connectivity index (χ1n) is 5.81. The lowest BCUT2D eigenvalue weighted by molar-refractivity contribution is -0.119. The second-order valence-electron chi connectivity index (χ2n) is 3.58. The van der Waals surface area contributed by atoms with Crippen LogP contribution in [0.1, 0.15) is 13.3 Å². The van der Waals surface area contributed by atoms with E-state index in [0.717, 1.165) is 12.2 Å². The van der Waals surface area contributed by atoms with E-state index in [2.05, 4.69) is 25.9 Å². The molecule has 0 unspecified atom stereocenters. The molecule has 1 rings (SSSR count). The molecule has 0 aromatic carbocycles. The van der Waals surface area contributed by atoms with Crippen LogP contribution in [0.15, 0.2) is 11.2 Å². The fourth-order valence-corrected chi connectivity index (χ4v) is 1.61. The van der Waals surface area contributed by atoms with Gasteiger partial charge >= 0.3 is 0 Å². The van der Waals surface area contributed by atoms with E-state index in [1.807, 2.05) is 13.2 Å². The Morgan fingerprint density at radius 1 is 1.39 bits per heavy atom. The Morgan fingerprint density at radius 2 is 2.11 bits per heavy atom. The van der Waals surface area contributed by atoms with Crippen LogP contribution in [-0.4, -0.2) is 42.3 Å². The van der Waals surface area contributed by atoms with Crippen molar-refractivity contribution >= 4 is 29.3 Å². The van der Waals surface area contributed by atoms with E-state index in [1.165, 1.54) is 11.8 Å². The molecule has 1 heterocycles. The second kappa shape index (κ2) is 7.75. The minimum Gasteiger partial charge on any atom is -0.373 e. The number of thioether (sulfide) groups is 1. The summed E-state index contributed by atoms with van der Waals surface area (Å²) >= 11 is 1.46. The van der Waals surface area contributed by atoms with Crippen LogP contribution in [-0.2, 0) is 4.79 Å². The predicted molar refractivity (Wildman–Crippen MR) is 75.2 cm³/mol. The Balaban J connectivity index is 2.58. The summed E-state index contributed by atoms with van der Waals surface area (Å²) in [6, 6.07) is 1.77. The van der Waals surface area contributed by atoms with E-state index in [0.29, 0.717) is 17.5 Å². The lowest BCUT2D eigenvalue weighted by Crippen LogP contribution is -2.30. The van der Waals surface area contributed by atoms with Crippen molar-refractivity contribution in [1.29, 1.82) is 0 Å². The molecule has 0 aliphatic rings. The molecule has 7 heteroatoms. The molecule has 1 aromatic heterocycles. The molecular weight excluding hydrogens is 250 g/mol. The van der Waals surface area contributed by atoms with E-state index < -0.39 is 0 Å². The molecule has 0 fully saturated rings. The number of hydrogen-bond acceptors (Lipinski definition) is 6. The fraction of sp³-hybridized carbons (Fsp3) is 0.545. The summed E-state index contributed by atoms with van der Waals surface area (Å²) in [5, 5.41) is 9.40. The van der Waals surface area contributed by atoms with E-state index in [-0.39, 0.29) is 12.5 Å². The zero-order chi connectivity index (χ0) is 13.4. The maximum atomic E-state index is 11.4. The summed E-state index contributed by atoms with van der Waals surface area (Å²) in [6.07, 6.45) is 2.84. The highest BCUT2D eigenvalue weighted by molar-refractivity contribution is 7.98. The first-order chi connectivity index (χ1) is 8.69. The molecule has 1 amide bonds. The Hall–Kier alpha value is -1.50. The summed E-state index contributed by atoms with van der Waals surface area (Å²) in [7, 11) is 1.80. The molecule has 0 spiro atoms. The van der Waals surface area contributed by atoms with E-state index in [4.69, 9.17) is 0 Å². The average molecular weight is 269 g/mol. The predicted octanol–water partition coefficient (Wildman–Crippen LogP) is 1.18. The lowest BCUT2D eigenvalue weighted by Gasteiger charge is -2.09. The van der Waals surface area contributed by atoms with Crippen molar-refractivity contribution in [3.05, 3.63) is 6.07 Å². The topological polar surface area (TPSA) is 78.9 Å². The zero-order valence-corrected chi connectivity index (χ0v) is 11.7. The Labute approximate surface area is 111 Å². The van der Waals surface area contributed by atoms with Crippen molar-refractivity contribution in [1.82, 2.24) is 15.3 Å². The van der Waals surface area contributed by atoms with Crippen molar-refractivity contribution in [2.24, 2.45) is 0 Å². The third-order valence-corrected chi connectivity index (χ3v) is 2.69. The molecule has 18 heavy (non-hydrogen) atoms. The minimum atomic E-state index is -0.0350. The van der Waals surface area contributed by atoms with Gasteiger partial charge in [0, 0.05) is 19.7 Å². The molecule has 6 nitrogen and oxygen atoms in total. The van der Waals surface area contributed by atoms with Crippen LogP contribution < -0.4 is 16.0 Å². The molecular formula is C11H19N5OS. The number of amides is 1. The summed E-state index contributed by atoms with van der Waals surface area (Å²) < 4.78 is 0. The van der Waals surface area contributed by atoms with Crippen LogP contribution in [0.2, 0.25) is 0 Å². The number of anilines is 2. The van der Waals surface area contributed by atoms with Crippen molar-refractivity contribution in [3.63, 3.8) is 0 Å². The van der Waals surface area contributed by atoms with Gasteiger partial charge in [-0.25, -0.2) is 9.97 Å². The number of carbonyl (C=O) groups is 1. The average Bonchev–Trinajstić information content (AvgIpc) is 2.42. The van der Waals surface area contributed by atoms with Gasteiger partial charge in [-0.1, -0.05) is 18.7 Å². The van der Waals surface area contributed by atoms with E-state index >= 15 is 0 Å². The number of nitrogens with one attached hydrogen (secondary N) is 3. The fourth-order valence-electron chi connectivity index (χ4n) is 1.23. The molecule has 0 radical (unpaired) electrons. The summed E-state index contributed by atoms with van der Waals surface area (Å²) in [6.45, 7) is 2.93. The van der Waals surface area contributed by atoms with Crippen molar-refractivity contribution in [3.8, 4) is 0 Å². The molecule has 0 aliphatic heterocycles. The number of nitrogens with zero attached hydrogens (tertiary/aromatic N) is 2. The van der Waals surface area contributed by atoms with Crippen LogP contribution in [0.5, 0.6) is 0 Å². The highest BCUT2D eigenvalue weighted by Crippen LogP contribution is 2.16. The smallest absolute Gasteiger partial charge is 0.239 e. The van der Waals surface area contributed by atoms with Gasteiger partial charge in [0.1, 0.15) is 11.6 Å². The summed E-state index contributed by atoms with van der Waals surface area (Å²) in [5.41, 5.74) is 0. The highest BCUT2D eigenvalue weighted by atomic mass is 32.2. The third-order valence-electron chi connectivity index (χ3n) is 2.15. The standard InChI is InChI=1S/C11H19N5OS/c1-4-5-13-10(17)7-14-9-6-8(12-2)15-11(16-9)18-3/h6H,4-5,7H2,1-3H3,(H,13,17)(H2,12,14,15,16). The lowest BCUT2D eigenvalue weighted by atomic mass is 10.4. The Bertz CT molecular complexity index is 377.